The number of nitrogens with zero attached hydrogens (tertiary/aromatic N) is 3. The second kappa shape index (κ2) is 5.71. The normalized spacial score (nSPS) is 32.0. The van der Waals surface area contributed by atoms with Crippen molar-refractivity contribution in [2.24, 2.45) is 0 Å². The van der Waals surface area contributed by atoms with Gasteiger partial charge in [0.1, 0.15) is 0 Å². The maximum absolute atomic E-state index is 2.84. The minimum absolute atomic E-state index is 0.845. The summed E-state index contributed by atoms with van der Waals surface area (Å²) in [7, 11) is 2.30. The lowest BCUT2D eigenvalue weighted by atomic mass is 10.0. The number of likely N-dealkylation sites (N-methyl/N-ethyl adjacent to an activating group) is 1. The van der Waals surface area contributed by atoms with Gasteiger partial charge in [0.2, 0.25) is 0 Å². The molecule has 3 heteroatoms. The van der Waals surface area contributed by atoms with Crippen LogP contribution in [0.1, 0.15) is 24.8 Å². The molecule has 0 aliphatic carbocycles. The number of piperazine rings is 1. The van der Waals surface area contributed by atoms with E-state index in [1.165, 1.54) is 51.0 Å². The van der Waals surface area contributed by atoms with E-state index < -0.39 is 0 Å². The second-order valence-electron chi connectivity index (χ2n) is 7.17. The highest BCUT2D eigenvalue weighted by molar-refractivity contribution is 5.14. The maximum atomic E-state index is 2.84. The predicted molar refractivity (Wildman–Crippen MR) is 86.3 cm³/mol. The third kappa shape index (κ3) is 2.75. The number of piperidine rings is 1. The van der Waals surface area contributed by atoms with Gasteiger partial charge >= 0.3 is 0 Å². The van der Waals surface area contributed by atoms with Crippen molar-refractivity contribution in [1.29, 1.82) is 0 Å². The Bertz CT molecular complexity index is 465. The lowest BCUT2D eigenvalue weighted by Crippen LogP contribution is -2.52. The molecule has 0 spiro atoms. The van der Waals surface area contributed by atoms with E-state index in [-0.39, 0.29) is 0 Å². The molecule has 2 unspecified atom stereocenters. The number of hydrogen-bond donors (Lipinski definition) is 0. The molecule has 2 atom stereocenters. The Morgan fingerprint density at radius 3 is 2.33 bits per heavy atom. The summed E-state index contributed by atoms with van der Waals surface area (Å²) in [6, 6.07) is 13.5. The quantitative estimate of drug-likeness (QED) is 0.841. The molecule has 21 heavy (non-hydrogen) atoms. The molecule has 3 nitrogen and oxygen atoms in total. The van der Waals surface area contributed by atoms with Crippen molar-refractivity contribution in [1.82, 2.24) is 14.7 Å². The molecule has 3 aliphatic rings. The van der Waals surface area contributed by atoms with Crippen molar-refractivity contribution < 1.29 is 0 Å². The van der Waals surface area contributed by atoms with Crippen LogP contribution in [0.15, 0.2) is 30.3 Å². The second-order valence-corrected chi connectivity index (χ2v) is 7.17. The number of fused-ring (bicyclic) bond motifs is 2. The van der Waals surface area contributed by atoms with Gasteiger partial charge in [-0.15, -0.1) is 0 Å². The molecule has 1 aromatic carbocycles. The van der Waals surface area contributed by atoms with E-state index in [4.69, 9.17) is 0 Å². The molecule has 3 fully saturated rings. The first kappa shape index (κ1) is 13.7. The standard InChI is InChI=1S/C18H27N3/c1-19-13-18-11-17(19)14-21(18)16-7-9-20(10-8-16)12-15-5-3-2-4-6-15/h2-6,16-18H,7-14H2,1H3. The summed E-state index contributed by atoms with van der Waals surface area (Å²) >= 11 is 0. The molecule has 3 aliphatic heterocycles. The molecular formula is C18H27N3. The van der Waals surface area contributed by atoms with Gasteiger partial charge in [-0.3, -0.25) is 9.80 Å². The zero-order valence-corrected chi connectivity index (χ0v) is 13.1. The van der Waals surface area contributed by atoms with Crippen LogP contribution in [0.4, 0.5) is 0 Å². The Morgan fingerprint density at radius 2 is 1.71 bits per heavy atom. The number of benzene rings is 1. The number of rotatable bonds is 3. The van der Waals surface area contributed by atoms with E-state index >= 15 is 0 Å². The summed E-state index contributed by atoms with van der Waals surface area (Å²) in [5.41, 5.74) is 1.46. The molecule has 0 N–H and O–H groups in total. The fourth-order valence-electron chi connectivity index (χ4n) is 4.59. The van der Waals surface area contributed by atoms with Crippen LogP contribution >= 0.6 is 0 Å². The van der Waals surface area contributed by atoms with Gasteiger partial charge in [-0.2, -0.15) is 0 Å². The summed E-state index contributed by atoms with van der Waals surface area (Å²) in [5, 5.41) is 0. The summed E-state index contributed by atoms with van der Waals surface area (Å²) in [5.74, 6) is 0. The van der Waals surface area contributed by atoms with Gasteiger partial charge in [-0.05, 0) is 45.0 Å². The van der Waals surface area contributed by atoms with Crippen molar-refractivity contribution >= 4 is 0 Å². The first-order valence-corrected chi connectivity index (χ1v) is 8.52. The van der Waals surface area contributed by atoms with Crippen LogP contribution in [0, 0.1) is 0 Å². The van der Waals surface area contributed by atoms with Crippen LogP contribution in [-0.4, -0.2) is 66.1 Å². The van der Waals surface area contributed by atoms with Crippen LogP contribution in [0.25, 0.3) is 0 Å². The van der Waals surface area contributed by atoms with Gasteiger partial charge in [-0.1, -0.05) is 30.3 Å². The molecule has 3 saturated heterocycles. The summed E-state index contributed by atoms with van der Waals surface area (Å²) < 4.78 is 0. The van der Waals surface area contributed by atoms with Gasteiger partial charge in [0.25, 0.3) is 0 Å². The fourth-order valence-corrected chi connectivity index (χ4v) is 4.59. The molecule has 0 aromatic heterocycles. The van der Waals surface area contributed by atoms with Crippen molar-refractivity contribution in [3.8, 4) is 0 Å². The van der Waals surface area contributed by atoms with E-state index in [1.807, 2.05) is 0 Å². The van der Waals surface area contributed by atoms with E-state index in [0.717, 1.165) is 24.7 Å². The summed E-state index contributed by atoms with van der Waals surface area (Å²) in [6.07, 6.45) is 4.14. The first-order chi connectivity index (χ1) is 10.3. The highest BCUT2D eigenvalue weighted by Gasteiger charge is 2.44. The zero-order chi connectivity index (χ0) is 14.2. The SMILES string of the molecule is CN1CC2CC1CN2C1CCN(Cc2ccccc2)CC1. The molecule has 2 bridgehead atoms. The predicted octanol–water partition coefficient (Wildman–Crippen LogP) is 2.04. The number of hydrogen-bond acceptors (Lipinski definition) is 3. The Morgan fingerprint density at radius 1 is 0.952 bits per heavy atom. The van der Waals surface area contributed by atoms with E-state index in [2.05, 4.69) is 52.1 Å². The van der Waals surface area contributed by atoms with E-state index in [1.54, 1.807) is 0 Å². The molecule has 4 rings (SSSR count). The monoisotopic (exact) mass is 285 g/mol. The highest BCUT2D eigenvalue weighted by Crippen LogP contribution is 2.33. The summed E-state index contributed by atoms with van der Waals surface area (Å²) in [6.45, 7) is 6.29. The van der Waals surface area contributed by atoms with Crippen LogP contribution < -0.4 is 0 Å². The van der Waals surface area contributed by atoms with Gasteiger partial charge in [0.05, 0.1) is 0 Å². The largest absolute Gasteiger partial charge is 0.301 e. The highest BCUT2D eigenvalue weighted by atomic mass is 15.4. The molecule has 0 saturated carbocycles. The van der Waals surface area contributed by atoms with Crippen molar-refractivity contribution in [3.05, 3.63) is 35.9 Å². The Hall–Kier alpha value is -0.900. The Balaban J connectivity index is 1.29. The fraction of sp³-hybridized carbons (Fsp3) is 0.667. The van der Waals surface area contributed by atoms with Crippen molar-refractivity contribution in [2.45, 2.75) is 43.9 Å². The average Bonchev–Trinajstić information content (AvgIpc) is 3.08. The zero-order valence-electron chi connectivity index (χ0n) is 13.1. The van der Waals surface area contributed by atoms with Gasteiger partial charge in [-0.25, -0.2) is 0 Å². The first-order valence-electron chi connectivity index (χ1n) is 8.52. The van der Waals surface area contributed by atoms with Crippen LogP contribution in [-0.2, 0) is 6.54 Å². The lowest BCUT2D eigenvalue weighted by molar-refractivity contribution is 0.0612. The average molecular weight is 285 g/mol. The maximum Gasteiger partial charge on any atom is 0.0242 e. The van der Waals surface area contributed by atoms with Crippen LogP contribution in [0.3, 0.4) is 0 Å². The lowest BCUT2D eigenvalue weighted by Gasteiger charge is -2.42. The Kier molecular flexibility index (Phi) is 3.74. The minimum atomic E-state index is 0.845. The third-order valence-electron chi connectivity index (χ3n) is 5.83. The molecular weight excluding hydrogens is 258 g/mol. The third-order valence-corrected chi connectivity index (χ3v) is 5.83. The van der Waals surface area contributed by atoms with E-state index in [9.17, 15) is 0 Å². The molecule has 3 heterocycles. The van der Waals surface area contributed by atoms with E-state index in [0.29, 0.717) is 0 Å². The molecule has 114 valence electrons. The molecule has 0 radical (unpaired) electrons. The van der Waals surface area contributed by atoms with Crippen molar-refractivity contribution in [2.75, 3.05) is 33.2 Å². The van der Waals surface area contributed by atoms with Gasteiger partial charge in [0.15, 0.2) is 0 Å². The topological polar surface area (TPSA) is 9.72 Å². The summed E-state index contributed by atoms with van der Waals surface area (Å²) in [4.78, 5) is 8.03. The van der Waals surface area contributed by atoms with Gasteiger partial charge in [0, 0.05) is 37.8 Å². The smallest absolute Gasteiger partial charge is 0.0242 e. The van der Waals surface area contributed by atoms with Crippen LogP contribution in [0.2, 0.25) is 0 Å². The van der Waals surface area contributed by atoms with Crippen molar-refractivity contribution in [3.63, 3.8) is 0 Å². The van der Waals surface area contributed by atoms with Gasteiger partial charge < -0.3 is 4.90 Å². The molecule has 0 amide bonds. The van der Waals surface area contributed by atoms with Crippen LogP contribution in [0.5, 0.6) is 0 Å². The number of likely N-dealkylation sites (tertiary alicyclic amines) is 3. The Labute approximate surface area is 128 Å². The molecule has 1 aromatic rings. The minimum Gasteiger partial charge on any atom is -0.301 e.